The highest BCUT2D eigenvalue weighted by Gasteiger charge is 2.11. The van der Waals surface area contributed by atoms with Crippen molar-refractivity contribution in [3.8, 4) is 11.5 Å². The van der Waals surface area contributed by atoms with Gasteiger partial charge in [-0.1, -0.05) is 12.1 Å². The average molecular weight is 411 g/mol. The first-order valence-corrected chi connectivity index (χ1v) is 9.78. The number of benzene rings is 3. The standard InChI is InChI=1S/C16H14N2O4S.H2O3S/c17-23(21,22)12-5-7-14(16(20)9-12)18-11-4-6-13-10(8-11)2-1-3-15(13)19;1-4(2)3/h1-9,18-20H,(H2,17,21,22);(H2,1,2,3)/p-1. The number of phenols is 2. The summed E-state index contributed by atoms with van der Waals surface area (Å²) in [5, 5.41) is 29.3. The Hall–Kier alpha value is -2.70. The second-order valence-corrected chi connectivity index (χ2v) is 7.27. The maximum Gasteiger partial charge on any atom is 0.238 e. The molecule has 3 rings (SSSR count). The first-order valence-electron chi connectivity index (χ1n) is 7.21. The van der Waals surface area contributed by atoms with Crippen LogP contribution < -0.4 is 10.5 Å². The Bertz CT molecular complexity index is 1100. The van der Waals surface area contributed by atoms with Gasteiger partial charge in [0, 0.05) is 17.1 Å². The number of rotatable bonds is 3. The minimum absolute atomic E-state index is 0.163. The SMILES string of the molecule is NS(=O)(=O)c1ccc(Nc2ccc3c(O)cccc3c2)c(O)c1.O=S([O-])O. The number of anilines is 2. The minimum atomic E-state index is -3.86. The van der Waals surface area contributed by atoms with Gasteiger partial charge in [-0.3, -0.25) is 0 Å². The van der Waals surface area contributed by atoms with Gasteiger partial charge in [0.15, 0.2) is 0 Å². The molecule has 11 heteroatoms. The van der Waals surface area contributed by atoms with Crippen LogP contribution in [0.1, 0.15) is 0 Å². The van der Waals surface area contributed by atoms with Crippen LogP contribution in [0.25, 0.3) is 10.8 Å². The molecule has 0 fully saturated rings. The van der Waals surface area contributed by atoms with Gasteiger partial charge in [-0.15, -0.1) is 0 Å². The van der Waals surface area contributed by atoms with Gasteiger partial charge in [-0.25, -0.2) is 17.8 Å². The van der Waals surface area contributed by atoms with Crippen molar-refractivity contribution in [3.05, 3.63) is 54.6 Å². The first-order chi connectivity index (χ1) is 12.6. The minimum Gasteiger partial charge on any atom is -0.750 e. The molecule has 0 aromatic heterocycles. The number of primary sulfonamides is 1. The summed E-state index contributed by atoms with van der Waals surface area (Å²) < 4.78 is 46.6. The zero-order valence-corrected chi connectivity index (χ0v) is 15.2. The van der Waals surface area contributed by atoms with Crippen molar-refractivity contribution in [1.82, 2.24) is 0 Å². The molecular weight excluding hydrogens is 396 g/mol. The lowest BCUT2D eigenvalue weighted by molar-refractivity contribution is 0.436. The molecule has 0 saturated carbocycles. The van der Waals surface area contributed by atoms with E-state index in [0.29, 0.717) is 16.8 Å². The van der Waals surface area contributed by atoms with Gasteiger partial charge < -0.3 is 24.6 Å². The van der Waals surface area contributed by atoms with Crippen LogP contribution in [0.2, 0.25) is 0 Å². The number of hydrogen-bond acceptors (Lipinski definition) is 7. The van der Waals surface area contributed by atoms with Crippen molar-refractivity contribution in [2.45, 2.75) is 4.90 Å². The summed E-state index contributed by atoms with van der Waals surface area (Å²) >= 11 is -2.86. The third kappa shape index (κ3) is 5.64. The van der Waals surface area contributed by atoms with Crippen molar-refractivity contribution in [2.24, 2.45) is 5.14 Å². The summed E-state index contributed by atoms with van der Waals surface area (Å²) in [7, 11) is -3.86. The molecule has 0 aliphatic heterocycles. The molecule has 6 N–H and O–H groups in total. The topological polar surface area (TPSA) is 173 Å². The number of aromatic hydroxyl groups is 2. The Morgan fingerprint density at radius 3 is 2.26 bits per heavy atom. The molecule has 0 radical (unpaired) electrons. The van der Waals surface area contributed by atoms with Crippen LogP contribution in [0.5, 0.6) is 11.5 Å². The van der Waals surface area contributed by atoms with Crippen molar-refractivity contribution in [3.63, 3.8) is 0 Å². The van der Waals surface area contributed by atoms with E-state index in [-0.39, 0.29) is 16.4 Å². The summed E-state index contributed by atoms with van der Waals surface area (Å²) in [6.07, 6.45) is 0. The van der Waals surface area contributed by atoms with E-state index in [1.54, 1.807) is 24.3 Å². The molecule has 0 aliphatic rings. The molecule has 144 valence electrons. The lowest BCUT2D eigenvalue weighted by Gasteiger charge is -2.11. The van der Waals surface area contributed by atoms with Gasteiger partial charge >= 0.3 is 0 Å². The van der Waals surface area contributed by atoms with Gasteiger partial charge in [0.25, 0.3) is 0 Å². The Labute approximate surface area is 157 Å². The monoisotopic (exact) mass is 411 g/mol. The molecule has 0 bridgehead atoms. The molecule has 3 aromatic carbocycles. The fourth-order valence-corrected chi connectivity index (χ4v) is 2.83. The predicted octanol–water partition coefficient (Wildman–Crippen LogP) is 1.98. The maximum atomic E-state index is 11.3. The van der Waals surface area contributed by atoms with E-state index in [1.165, 1.54) is 12.1 Å². The van der Waals surface area contributed by atoms with Gasteiger partial charge in [0.1, 0.15) is 11.5 Å². The molecular formula is C16H15N2O7S2-. The molecule has 3 aromatic rings. The Balaban J connectivity index is 0.000000596. The smallest absolute Gasteiger partial charge is 0.238 e. The summed E-state index contributed by atoms with van der Waals surface area (Å²) in [6.45, 7) is 0. The van der Waals surface area contributed by atoms with Crippen LogP contribution in [0, 0.1) is 0 Å². The number of nitrogens with one attached hydrogen (secondary N) is 1. The second-order valence-electron chi connectivity index (χ2n) is 5.28. The average Bonchev–Trinajstić information content (AvgIpc) is 2.55. The van der Waals surface area contributed by atoms with Gasteiger partial charge in [-0.2, -0.15) is 0 Å². The van der Waals surface area contributed by atoms with E-state index in [4.69, 9.17) is 18.5 Å². The molecule has 1 unspecified atom stereocenters. The Morgan fingerprint density at radius 1 is 1.00 bits per heavy atom. The number of sulfonamides is 1. The third-order valence-corrected chi connectivity index (χ3v) is 4.35. The highest BCUT2D eigenvalue weighted by Crippen LogP contribution is 2.31. The van der Waals surface area contributed by atoms with E-state index in [2.05, 4.69) is 5.32 Å². The fourth-order valence-electron chi connectivity index (χ4n) is 2.29. The predicted molar refractivity (Wildman–Crippen MR) is 99.9 cm³/mol. The van der Waals surface area contributed by atoms with E-state index in [1.807, 2.05) is 12.1 Å². The van der Waals surface area contributed by atoms with Crippen LogP contribution in [-0.2, 0) is 21.4 Å². The van der Waals surface area contributed by atoms with Crippen molar-refractivity contribution < 1.29 is 31.9 Å². The van der Waals surface area contributed by atoms with E-state index in [0.717, 1.165) is 11.5 Å². The van der Waals surface area contributed by atoms with Gasteiger partial charge in [0.05, 0.1) is 21.9 Å². The summed E-state index contributed by atoms with van der Waals surface area (Å²) in [4.78, 5) is -0.163. The quantitative estimate of drug-likeness (QED) is 0.321. The van der Waals surface area contributed by atoms with Crippen LogP contribution in [-0.4, -0.2) is 31.9 Å². The van der Waals surface area contributed by atoms with E-state index < -0.39 is 21.4 Å². The summed E-state index contributed by atoms with van der Waals surface area (Å²) in [5.74, 6) is -0.0399. The number of phenolic OH excluding ortho intramolecular Hbond substituents is 2. The van der Waals surface area contributed by atoms with E-state index in [9.17, 15) is 18.6 Å². The Kier molecular flexibility index (Phi) is 6.36. The van der Waals surface area contributed by atoms with Crippen LogP contribution in [0.4, 0.5) is 11.4 Å². The lowest BCUT2D eigenvalue weighted by atomic mass is 10.1. The maximum absolute atomic E-state index is 11.3. The normalized spacial score (nSPS) is 12.1. The zero-order chi connectivity index (χ0) is 20.2. The van der Waals surface area contributed by atoms with Crippen LogP contribution in [0.15, 0.2) is 59.5 Å². The fraction of sp³-hybridized carbons (Fsp3) is 0. The zero-order valence-electron chi connectivity index (χ0n) is 13.6. The highest BCUT2D eigenvalue weighted by molar-refractivity contribution is 7.89. The van der Waals surface area contributed by atoms with Crippen LogP contribution in [0.3, 0.4) is 0 Å². The molecule has 0 amide bonds. The molecule has 9 nitrogen and oxygen atoms in total. The first kappa shape index (κ1) is 20.6. The highest BCUT2D eigenvalue weighted by atomic mass is 32.2. The van der Waals surface area contributed by atoms with E-state index >= 15 is 0 Å². The van der Waals surface area contributed by atoms with Gasteiger partial charge in [-0.05, 0) is 41.8 Å². The van der Waals surface area contributed by atoms with Crippen molar-refractivity contribution in [2.75, 3.05) is 5.32 Å². The molecule has 0 saturated heterocycles. The molecule has 1 atom stereocenters. The number of hydrogen-bond donors (Lipinski definition) is 5. The molecule has 0 heterocycles. The largest absolute Gasteiger partial charge is 0.750 e. The number of fused-ring (bicyclic) bond motifs is 1. The van der Waals surface area contributed by atoms with Crippen LogP contribution >= 0.6 is 0 Å². The molecule has 0 aliphatic carbocycles. The second kappa shape index (κ2) is 8.33. The molecule has 27 heavy (non-hydrogen) atoms. The summed E-state index contributed by atoms with van der Waals surface area (Å²) in [6, 6.07) is 14.3. The molecule has 0 spiro atoms. The Morgan fingerprint density at radius 2 is 1.67 bits per heavy atom. The third-order valence-electron chi connectivity index (χ3n) is 3.43. The number of nitrogens with two attached hydrogens (primary N) is 1. The van der Waals surface area contributed by atoms with Gasteiger partial charge in [0.2, 0.25) is 10.0 Å². The van der Waals surface area contributed by atoms with Crippen molar-refractivity contribution >= 4 is 43.5 Å². The summed E-state index contributed by atoms with van der Waals surface area (Å²) in [5.41, 5.74) is 1.03. The van der Waals surface area contributed by atoms with Crippen molar-refractivity contribution in [1.29, 1.82) is 0 Å². The lowest BCUT2D eigenvalue weighted by Crippen LogP contribution is -2.11.